The highest BCUT2D eigenvalue weighted by Gasteiger charge is 2.36. The Bertz CT molecular complexity index is 192. The smallest absolute Gasteiger partial charge is 0.306 e. The van der Waals surface area contributed by atoms with Gasteiger partial charge in [-0.2, -0.15) is 0 Å². The van der Waals surface area contributed by atoms with Crippen molar-refractivity contribution in [3.63, 3.8) is 0 Å². The van der Waals surface area contributed by atoms with Crippen LogP contribution in [0.5, 0.6) is 0 Å². The summed E-state index contributed by atoms with van der Waals surface area (Å²) in [5.74, 6) is -1.40. The maximum Gasteiger partial charge on any atom is 0.306 e. The fraction of sp³-hybridized carbons (Fsp3) is 0.889. The van der Waals surface area contributed by atoms with Crippen molar-refractivity contribution in [1.82, 2.24) is 0 Å². The van der Waals surface area contributed by atoms with Gasteiger partial charge in [-0.3, -0.25) is 4.79 Å². The molecule has 4 heteroatoms. The normalized spacial score (nSPS) is 33.5. The summed E-state index contributed by atoms with van der Waals surface area (Å²) < 4.78 is 10.9. The van der Waals surface area contributed by atoms with Crippen LogP contribution in [0.2, 0.25) is 0 Å². The maximum atomic E-state index is 10.4. The fourth-order valence-corrected chi connectivity index (χ4v) is 1.57. The summed E-state index contributed by atoms with van der Waals surface area (Å²) in [5, 5.41) is 8.54. The molecule has 1 aliphatic heterocycles. The lowest BCUT2D eigenvalue weighted by atomic mass is 10.2. The minimum Gasteiger partial charge on any atom is -0.481 e. The third-order valence-corrected chi connectivity index (χ3v) is 2.10. The van der Waals surface area contributed by atoms with Crippen molar-refractivity contribution in [2.75, 3.05) is 6.61 Å². The SMILES string of the molecule is CCCC1(C)OCC(CC(=O)O)O1. The van der Waals surface area contributed by atoms with Crippen LogP contribution < -0.4 is 0 Å². The molecule has 1 rings (SSSR count). The van der Waals surface area contributed by atoms with Crippen LogP contribution in [-0.2, 0) is 14.3 Å². The largest absolute Gasteiger partial charge is 0.481 e. The number of ether oxygens (including phenoxy) is 2. The van der Waals surface area contributed by atoms with E-state index in [2.05, 4.69) is 0 Å². The molecule has 2 atom stereocenters. The Kier molecular flexibility index (Phi) is 3.27. The topological polar surface area (TPSA) is 55.8 Å². The maximum absolute atomic E-state index is 10.4. The van der Waals surface area contributed by atoms with E-state index in [0.717, 1.165) is 12.8 Å². The predicted molar refractivity (Wildman–Crippen MR) is 46.4 cm³/mol. The van der Waals surface area contributed by atoms with Crippen LogP contribution in [0.1, 0.15) is 33.1 Å². The molecule has 0 amide bonds. The molecule has 0 saturated carbocycles. The molecule has 1 saturated heterocycles. The molecule has 1 N–H and O–H groups in total. The summed E-state index contributed by atoms with van der Waals surface area (Å²) in [6.07, 6.45) is 1.52. The summed E-state index contributed by atoms with van der Waals surface area (Å²) in [7, 11) is 0. The van der Waals surface area contributed by atoms with Crippen LogP contribution in [0.3, 0.4) is 0 Å². The second kappa shape index (κ2) is 4.07. The van der Waals surface area contributed by atoms with E-state index in [9.17, 15) is 4.79 Å². The van der Waals surface area contributed by atoms with Crippen LogP contribution >= 0.6 is 0 Å². The molecule has 0 spiro atoms. The molecule has 0 aromatic rings. The summed E-state index contributed by atoms with van der Waals surface area (Å²) in [6, 6.07) is 0. The first-order chi connectivity index (χ1) is 6.06. The van der Waals surface area contributed by atoms with Gasteiger partial charge < -0.3 is 14.6 Å². The molecule has 0 aliphatic carbocycles. The molecule has 2 unspecified atom stereocenters. The number of carboxylic acid groups (broad SMARTS) is 1. The Labute approximate surface area is 77.8 Å². The predicted octanol–water partition coefficient (Wildman–Crippen LogP) is 1.39. The van der Waals surface area contributed by atoms with Crippen molar-refractivity contribution in [2.24, 2.45) is 0 Å². The van der Waals surface area contributed by atoms with Crippen LogP contribution in [0, 0.1) is 0 Å². The van der Waals surface area contributed by atoms with Gasteiger partial charge in [0.15, 0.2) is 5.79 Å². The second-order valence-corrected chi connectivity index (χ2v) is 3.53. The number of carboxylic acids is 1. The molecule has 13 heavy (non-hydrogen) atoms. The highest BCUT2D eigenvalue weighted by molar-refractivity contribution is 5.67. The number of carbonyl (C=O) groups is 1. The van der Waals surface area contributed by atoms with Crippen LogP contribution in [0.15, 0.2) is 0 Å². The van der Waals surface area contributed by atoms with Crippen molar-refractivity contribution in [3.05, 3.63) is 0 Å². The van der Waals surface area contributed by atoms with Gasteiger partial charge in [0.1, 0.15) is 0 Å². The number of hydrogen-bond donors (Lipinski definition) is 1. The average molecular weight is 188 g/mol. The lowest BCUT2D eigenvalue weighted by molar-refractivity contribution is -0.162. The lowest BCUT2D eigenvalue weighted by Crippen LogP contribution is -2.26. The summed E-state index contributed by atoms with van der Waals surface area (Å²) in [6.45, 7) is 4.30. The molecule has 0 aromatic heterocycles. The minimum absolute atomic E-state index is 0.0271. The van der Waals surface area contributed by atoms with Crippen LogP contribution in [0.4, 0.5) is 0 Å². The van der Waals surface area contributed by atoms with Gasteiger partial charge in [-0.25, -0.2) is 0 Å². The van der Waals surface area contributed by atoms with Gasteiger partial charge in [-0.15, -0.1) is 0 Å². The fourth-order valence-electron chi connectivity index (χ4n) is 1.57. The molecular formula is C9H16O4. The van der Waals surface area contributed by atoms with Crippen molar-refractivity contribution >= 4 is 5.97 Å². The van der Waals surface area contributed by atoms with Gasteiger partial charge in [-0.05, 0) is 6.92 Å². The molecule has 1 aliphatic rings. The number of hydrogen-bond acceptors (Lipinski definition) is 3. The average Bonchev–Trinajstić information content (AvgIpc) is 2.31. The number of rotatable bonds is 4. The lowest BCUT2D eigenvalue weighted by Gasteiger charge is -2.22. The van der Waals surface area contributed by atoms with E-state index in [1.165, 1.54) is 0 Å². The second-order valence-electron chi connectivity index (χ2n) is 3.53. The third-order valence-electron chi connectivity index (χ3n) is 2.10. The van der Waals surface area contributed by atoms with Gasteiger partial charge in [-0.1, -0.05) is 13.3 Å². The van der Waals surface area contributed by atoms with E-state index in [1.54, 1.807) is 0 Å². The Morgan fingerprint density at radius 1 is 1.69 bits per heavy atom. The molecule has 1 fully saturated rings. The van der Waals surface area contributed by atoms with Crippen molar-refractivity contribution < 1.29 is 19.4 Å². The first-order valence-corrected chi connectivity index (χ1v) is 4.59. The molecule has 4 nitrogen and oxygen atoms in total. The third kappa shape index (κ3) is 2.97. The molecule has 76 valence electrons. The highest BCUT2D eigenvalue weighted by Crippen LogP contribution is 2.28. The molecule has 0 radical (unpaired) electrons. The Hall–Kier alpha value is -0.610. The van der Waals surface area contributed by atoms with E-state index in [0.29, 0.717) is 6.61 Å². The Morgan fingerprint density at radius 3 is 2.92 bits per heavy atom. The van der Waals surface area contributed by atoms with Crippen LogP contribution in [-0.4, -0.2) is 29.6 Å². The first kappa shape index (κ1) is 10.5. The summed E-state index contributed by atoms with van der Waals surface area (Å²) >= 11 is 0. The van der Waals surface area contributed by atoms with E-state index in [-0.39, 0.29) is 12.5 Å². The zero-order valence-corrected chi connectivity index (χ0v) is 8.08. The molecular weight excluding hydrogens is 172 g/mol. The molecule has 0 bridgehead atoms. The van der Waals surface area contributed by atoms with Gasteiger partial charge in [0.2, 0.25) is 0 Å². The zero-order valence-electron chi connectivity index (χ0n) is 8.08. The van der Waals surface area contributed by atoms with Crippen molar-refractivity contribution in [2.45, 2.75) is 45.0 Å². The van der Waals surface area contributed by atoms with Gasteiger partial charge in [0.05, 0.1) is 19.1 Å². The van der Waals surface area contributed by atoms with Gasteiger partial charge in [0.25, 0.3) is 0 Å². The van der Waals surface area contributed by atoms with Crippen molar-refractivity contribution in [3.8, 4) is 0 Å². The van der Waals surface area contributed by atoms with E-state index in [1.807, 2.05) is 13.8 Å². The molecule has 0 aromatic carbocycles. The Morgan fingerprint density at radius 2 is 2.38 bits per heavy atom. The van der Waals surface area contributed by atoms with Gasteiger partial charge in [0, 0.05) is 6.42 Å². The summed E-state index contributed by atoms with van der Waals surface area (Å²) in [4.78, 5) is 10.4. The highest BCUT2D eigenvalue weighted by atomic mass is 16.7. The number of aliphatic carboxylic acids is 1. The Balaban J connectivity index is 2.38. The monoisotopic (exact) mass is 188 g/mol. The standard InChI is InChI=1S/C9H16O4/c1-3-4-9(2)12-6-7(13-9)5-8(10)11/h7H,3-6H2,1-2H3,(H,10,11). The van der Waals surface area contributed by atoms with Crippen molar-refractivity contribution in [1.29, 1.82) is 0 Å². The van der Waals surface area contributed by atoms with Gasteiger partial charge >= 0.3 is 5.97 Å². The summed E-state index contributed by atoms with van der Waals surface area (Å²) in [5.41, 5.74) is 0. The minimum atomic E-state index is -0.839. The first-order valence-electron chi connectivity index (χ1n) is 4.59. The van der Waals surface area contributed by atoms with E-state index >= 15 is 0 Å². The molecule has 1 heterocycles. The van der Waals surface area contributed by atoms with Crippen LogP contribution in [0.25, 0.3) is 0 Å². The van der Waals surface area contributed by atoms with E-state index in [4.69, 9.17) is 14.6 Å². The quantitative estimate of drug-likeness (QED) is 0.724. The van der Waals surface area contributed by atoms with E-state index < -0.39 is 11.8 Å². The zero-order chi connectivity index (χ0) is 9.90.